The topological polar surface area (TPSA) is 151 Å². The molecule has 3 heterocycles. The molecule has 1 atom stereocenters. The van der Waals surface area contributed by atoms with Crippen molar-refractivity contribution < 1.29 is 36.2 Å². The third kappa shape index (κ3) is 6.67. The second-order valence-electron chi connectivity index (χ2n) is 15.2. The van der Waals surface area contributed by atoms with Gasteiger partial charge in [0.15, 0.2) is 33.1 Å². The quantitative estimate of drug-likeness (QED) is 0.191. The minimum Gasteiger partial charge on any atom is -0.481 e. The van der Waals surface area contributed by atoms with Crippen LogP contribution in [0.1, 0.15) is 68.5 Å². The van der Waals surface area contributed by atoms with Gasteiger partial charge in [0.25, 0.3) is 0 Å². The first-order chi connectivity index (χ1) is 25.1. The third-order valence-corrected chi connectivity index (χ3v) is 12.7. The number of carbonyl (C=O) groups is 1. The highest BCUT2D eigenvalue weighted by Gasteiger charge is 2.50. The maximum Gasteiger partial charge on any atom is 0.309 e. The van der Waals surface area contributed by atoms with Crippen LogP contribution < -0.4 is 4.74 Å². The van der Waals surface area contributed by atoms with Crippen molar-refractivity contribution in [2.75, 3.05) is 11.5 Å². The van der Waals surface area contributed by atoms with Crippen LogP contribution in [0.2, 0.25) is 0 Å². The number of aryl methyl sites for hydroxylation is 2. The van der Waals surface area contributed by atoms with E-state index in [9.17, 15) is 23.6 Å². The van der Waals surface area contributed by atoms with Crippen molar-refractivity contribution in [2.24, 2.45) is 17.9 Å². The number of nitriles is 1. The Morgan fingerprint density at radius 2 is 1.85 bits per heavy atom. The Kier molecular flexibility index (Phi) is 8.92. The summed E-state index contributed by atoms with van der Waals surface area (Å²) >= 11 is 0. The second kappa shape index (κ2) is 13.1. The second-order valence-corrected chi connectivity index (χ2v) is 17.4. The first kappa shape index (κ1) is 36.2. The van der Waals surface area contributed by atoms with Crippen molar-refractivity contribution in [3.63, 3.8) is 0 Å². The fraction of sp³-hybridized carbons (Fsp3) is 0.385. The summed E-state index contributed by atoms with van der Waals surface area (Å²) in [6.07, 6.45) is 3.57. The summed E-state index contributed by atoms with van der Waals surface area (Å²) in [7, 11) is -2.22. The monoisotopic (exact) mass is 745 g/mol. The summed E-state index contributed by atoms with van der Waals surface area (Å²) in [6, 6.07) is 14.7. The molecule has 1 unspecified atom stereocenters. The fourth-order valence-corrected chi connectivity index (χ4v) is 9.61. The molecule has 0 amide bonds. The summed E-state index contributed by atoms with van der Waals surface area (Å²) in [5.41, 5.74) is -1.91. The summed E-state index contributed by atoms with van der Waals surface area (Å²) in [6.45, 7) is 3.64. The summed E-state index contributed by atoms with van der Waals surface area (Å²) in [4.78, 5) is 19.4. The van der Waals surface area contributed by atoms with E-state index in [0.717, 1.165) is 11.6 Å². The number of nitrogens with zero attached hydrogens (tertiary/aromatic N) is 4. The van der Waals surface area contributed by atoms with Crippen molar-refractivity contribution in [1.82, 2.24) is 19.7 Å². The summed E-state index contributed by atoms with van der Waals surface area (Å²) < 4.78 is 81.3. The molecule has 7 rings (SSSR count). The number of H-pyrrole nitrogens is 1. The molecule has 2 aromatic heterocycles. The number of ether oxygens (including phenoxy) is 1. The fourth-order valence-electron chi connectivity index (χ4n) is 7.62. The Morgan fingerprint density at radius 3 is 2.57 bits per heavy atom. The van der Waals surface area contributed by atoms with E-state index in [0.29, 0.717) is 31.2 Å². The third-order valence-electron chi connectivity index (χ3n) is 10.6. The molecule has 2 N–H and O–H groups in total. The maximum atomic E-state index is 15.7. The first-order valence-corrected chi connectivity index (χ1v) is 19.2. The smallest absolute Gasteiger partial charge is 0.309 e. The number of hydrogen-bond donors (Lipinski definition) is 2. The Morgan fingerprint density at radius 1 is 1.08 bits per heavy atom. The molecule has 10 nitrogen and oxygen atoms in total. The van der Waals surface area contributed by atoms with E-state index in [-0.39, 0.29) is 70.2 Å². The largest absolute Gasteiger partial charge is 0.481 e. The van der Waals surface area contributed by atoms with Gasteiger partial charge in [0.1, 0.15) is 17.0 Å². The molecular formula is C39H38F3N5O5S. The highest BCUT2D eigenvalue weighted by Crippen LogP contribution is 2.49. The molecule has 3 aromatic carbocycles. The number of nitrogens with one attached hydrogen (secondary N) is 1. The van der Waals surface area contributed by atoms with E-state index in [1.807, 2.05) is 19.9 Å². The van der Waals surface area contributed by atoms with Crippen LogP contribution in [0.3, 0.4) is 0 Å². The number of sulfone groups is 1. The number of rotatable bonds is 4. The van der Waals surface area contributed by atoms with E-state index in [1.165, 1.54) is 29.1 Å². The summed E-state index contributed by atoms with van der Waals surface area (Å²) in [5, 5.41) is 25.8. The van der Waals surface area contributed by atoms with Gasteiger partial charge in [-0.25, -0.2) is 26.9 Å². The van der Waals surface area contributed by atoms with Gasteiger partial charge >= 0.3 is 5.97 Å². The van der Waals surface area contributed by atoms with Crippen molar-refractivity contribution >= 4 is 26.7 Å². The number of halogens is 3. The Labute approximate surface area is 304 Å². The predicted molar refractivity (Wildman–Crippen MR) is 191 cm³/mol. The maximum absolute atomic E-state index is 15.7. The van der Waals surface area contributed by atoms with Gasteiger partial charge in [0, 0.05) is 24.2 Å². The minimum absolute atomic E-state index is 0.0436. The molecule has 0 spiro atoms. The van der Waals surface area contributed by atoms with Crippen LogP contribution in [0.15, 0.2) is 54.7 Å². The normalized spacial score (nSPS) is 20.7. The average molecular weight is 746 g/mol. The number of aromatic amines is 1. The molecule has 2 aliphatic rings. The molecule has 1 aliphatic heterocycles. The molecule has 0 saturated heterocycles. The van der Waals surface area contributed by atoms with Crippen molar-refractivity contribution in [2.45, 2.75) is 64.2 Å². The zero-order chi connectivity index (χ0) is 37.9. The van der Waals surface area contributed by atoms with Crippen LogP contribution in [0.5, 0.6) is 11.5 Å². The summed E-state index contributed by atoms with van der Waals surface area (Å²) in [5.74, 6) is -5.19. The molecule has 276 valence electrons. The van der Waals surface area contributed by atoms with E-state index in [1.54, 1.807) is 25.2 Å². The van der Waals surface area contributed by atoms with E-state index in [2.05, 4.69) is 16.2 Å². The van der Waals surface area contributed by atoms with Gasteiger partial charge in [-0.1, -0.05) is 44.5 Å². The number of fused-ring (bicyclic) bond motifs is 8. The standard InChI is InChI=1S/C39H38F3N5O5S/c1-37(2)12-5-13-39(21-43,24-7-4-6-23(18-24)20-38(14-15-38)36(48)49)35-45-34(47(3)46-35)28-19-25(8-9-29(28)40)52-33-27(11-17-53(50,51)22-37)26-10-16-44-32(26)30(41)31(33)42/h4,6-10,16,18-19,44H,5,11-15,17,20,22H2,1-3H3,(H,48,49). The lowest BCUT2D eigenvalue weighted by Gasteiger charge is -2.29. The van der Waals surface area contributed by atoms with Crippen LogP contribution in [0.25, 0.3) is 22.3 Å². The van der Waals surface area contributed by atoms with Crippen LogP contribution in [0.4, 0.5) is 13.2 Å². The number of aromatic nitrogens is 4. The molecule has 1 fully saturated rings. The molecule has 53 heavy (non-hydrogen) atoms. The SMILES string of the molecule is Cn1nc2nc1-c1cc(ccc1F)Oc1c(F)c(F)c3[nH]ccc3c1CCS(=O)(=O)CC(C)(C)CCCC2(C#N)c1cccc(CC2(C(=O)O)CC2)c1. The van der Waals surface area contributed by atoms with Crippen molar-refractivity contribution in [3.8, 4) is 29.0 Å². The van der Waals surface area contributed by atoms with Crippen molar-refractivity contribution in [3.05, 3.63) is 94.7 Å². The van der Waals surface area contributed by atoms with Gasteiger partial charge < -0.3 is 14.8 Å². The van der Waals surface area contributed by atoms with Crippen LogP contribution >= 0.6 is 0 Å². The Bertz CT molecular complexity index is 2430. The highest BCUT2D eigenvalue weighted by molar-refractivity contribution is 7.91. The lowest BCUT2D eigenvalue weighted by molar-refractivity contribution is -0.143. The number of carboxylic acids is 1. The van der Waals surface area contributed by atoms with Crippen LogP contribution in [-0.2, 0) is 39.9 Å². The number of benzene rings is 3. The zero-order valence-electron chi connectivity index (χ0n) is 29.5. The van der Waals surface area contributed by atoms with Gasteiger partial charge in [-0.15, -0.1) is 0 Å². The Balaban J connectivity index is 1.39. The molecule has 5 aromatic rings. The average Bonchev–Trinajstić information content (AvgIpc) is 3.53. The molecular weight excluding hydrogens is 708 g/mol. The first-order valence-electron chi connectivity index (χ1n) is 17.4. The number of carboxylic acid groups (broad SMARTS) is 1. The van der Waals surface area contributed by atoms with Crippen LogP contribution in [0, 0.1) is 39.6 Å². The molecule has 4 bridgehead atoms. The van der Waals surface area contributed by atoms with E-state index >= 15 is 13.2 Å². The van der Waals surface area contributed by atoms with Gasteiger partial charge in [0.05, 0.1) is 34.1 Å². The zero-order valence-corrected chi connectivity index (χ0v) is 30.3. The molecule has 0 radical (unpaired) electrons. The number of aliphatic carboxylic acids is 1. The molecule has 14 heteroatoms. The molecule has 1 saturated carbocycles. The van der Waals surface area contributed by atoms with Gasteiger partial charge in [0.2, 0.25) is 5.82 Å². The van der Waals surface area contributed by atoms with Gasteiger partial charge in [-0.3, -0.25) is 4.79 Å². The van der Waals surface area contributed by atoms with Crippen LogP contribution in [-0.4, -0.2) is 50.7 Å². The van der Waals surface area contributed by atoms with Gasteiger partial charge in [-0.05, 0) is 79.3 Å². The van der Waals surface area contributed by atoms with Gasteiger partial charge in [-0.2, -0.15) is 14.8 Å². The minimum atomic E-state index is -3.77. The predicted octanol–water partition coefficient (Wildman–Crippen LogP) is 7.56. The molecule has 1 aliphatic carbocycles. The highest BCUT2D eigenvalue weighted by atomic mass is 32.2. The lowest BCUT2D eigenvalue weighted by atomic mass is 9.74. The lowest BCUT2D eigenvalue weighted by Crippen LogP contribution is -2.30. The Hall–Kier alpha value is -5.16. The number of hydrogen-bond acceptors (Lipinski definition) is 7. The van der Waals surface area contributed by atoms with Crippen molar-refractivity contribution in [1.29, 1.82) is 5.26 Å². The van der Waals surface area contributed by atoms with E-state index < -0.39 is 55.3 Å². The van der Waals surface area contributed by atoms with E-state index in [4.69, 9.17) is 9.72 Å².